The first-order valence-corrected chi connectivity index (χ1v) is 6.27. The molecular weight excluding hydrogens is 248 g/mol. The molecule has 0 radical (unpaired) electrons. The van der Waals surface area contributed by atoms with Gasteiger partial charge in [0, 0.05) is 25.2 Å². The summed E-state index contributed by atoms with van der Waals surface area (Å²) < 4.78 is 7.58. The van der Waals surface area contributed by atoms with E-state index in [1.807, 2.05) is 13.8 Å². The van der Waals surface area contributed by atoms with E-state index >= 15 is 0 Å². The molecule has 0 saturated carbocycles. The molecule has 0 amide bonds. The number of aromatic nitrogens is 4. The zero-order valence-corrected chi connectivity index (χ0v) is 11.0. The summed E-state index contributed by atoms with van der Waals surface area (Å²) in [5.41, 5.74) is -0.728. The van der Waals surface area contributed by atoms with Crippen molar-refractivity contribution in [2.24, 2.45) is 0 Å². The van der Waals surface area contributed by atoms with Gasteiger partial charge in [0.05, 0.1) is 6.54 Å². The molecule has 0 spiro atoms. The smallest absolute Gasteiger partial charge is 0.331 e. The summed E-state index contributed by atoms with van der Waals surface area (Å²) in [6, 6.07) is 1.36. The highest BCUT2D eigenvalue weighted by Crippen LogP contribution is 2.00. The van der Waals surface area contributed by atoms with E-state index in [1.165, 1.54) is 16.8 Å². The average molecular weight is 264 g/mol. The zero-order chi connectivity index (χ0) is 13.8. The van der Waals surface area contributed by atoms with Gasteiger partial charge in [0.15, 0.2) is 5.82 Å². The predicted octanol–water partition coefficient (Wildman–Crippen LogP) is 0.414. The Bertz CT molecular complexity index is 668. The number of hydrogen-bond donors (Lipinski definition) is 0. The summed E-state index contributed by atoms with van der Waals surface area (Å²) in [6.07, 6.45) is 3.07. The molecule has 0 aliphatic heterocycles. The Hall–Kier alpha value is -2.18. The molecule has 2 heterocycles. The molecule has 0 aliphatic carbocycles. The average Bonchev–Trinajstić information content (AvgIpc) is 2.83. The minimum absolute atomic E-state index is 0.0335. The molecule has 0 aliphatic rings. The van der Waals surface area contributed by atoms with Crippen molar-refractivity contribution in [1.82, 2.24) is 19.3 Å². The van der Waals surface area contributed by atoms with Crippen molar-refractivity contribution >= 4 is 0 Å². The SMILES string of the molecule is CCCc1nc(Cn2c(=O)ccn(CC)c2=O)no1. The third-order valence-corrected chi connectivity index (χ3v) is 2.75. The van der Waals surface area contributed by atoms with Crippen LogP contribution in [-0.2, 0) is 19.5 Å². The standard InChI is InChI=1S/C12H16N4O3/c1-3-5-10-13-9(14-19-10)8-16-11(17)6-7-15(4-2)12(16)18/h6-7H,3-5,8H2,1-2H3. The fraction of sp³-hybridized carbons (Fsp3) is 0.500. The maximum absolute atomic E-state index is 12.0. The third kappa shape index (κ3) is 2.81. The molecule has 2 rings (SSSR count). The van der Waals surface area contributed by atoms with Crippen molar-refractivity contribution in [2.45, 2.75) is 39.8 Å². The maximum atomic E-state index is 12.0. The van der Waals surface area contributed by atoms with Crippen molar-refractivity contribution in [3.8, 4) is 0 Å². The maximum Gasteiger partial charge on any atom is 0.331 e. The number of aryl methyl sites for hydroxylation is 2. The highest BCUT2D eigenvalue weighted by Gasteiger charge is 2.10. The topological polar surface area (TPSA) is 82.9 Å². The van der Waals surface area contributed by atoms with Crippen LogP contribution in [0.15, 0.2) is 26.4 Å². The molecule has 0 bridgehead atoms. The van der Waals surface area contributed by atoms with Crippen LogP contribution in [0.25, 0.3) is 0 Å². The van der Waals surface area contributed by atoms with Crippen molar-refractivity contribution < 1.29 is 4.52 Å². The van der Waals surface area contributed by atoms with Crippen LogP contribution in [0.2, 0.25) is 0 Å². The molecule has 0 aromatic carbocycles. The van der Waals surface area contributed by atoms with Gasteiger partial charge in [-0.25, -0.2) is 4.79 Å². The van der Waals surface area contributed by atoms with Gasteiger partial charge in [-0.1, -0.05) is 12.1 Å². The van der Waals surface area contributed by atoms with Gasteiger partial charge in [0.2, 0.25) is 5.89 Å². The minimum atomic E-state index is -0.364. The molecule has 0 atom stereocenters. The highest BCUT2D eigenvalue weighted by molar-refractivity contribution is 4.92. The van der Waals surface area contributed by atoms with Gasteiger partial charge in [0.25, 0.3) is 5.56 Å². The highest BCUT2D eigenvalue weighted by atomic mass is 16.5. The van der Waals surface area contributed by atoms with E-state index in [1.54, 1.807) is 0 Å². The summed E-state index contributed by atoms with van der Waals surface area (Å²) in [4.78, 5) is 27.9. The third-order valence-electron chi connectivity index (χ3n) is 2.75. The first kappa shape index (κ1) is 13.3. The van der Waals surface area contributed by atoms with E-state index in [-0.39, 0.29) is 17.8 Å². The largest absolute Gasteiger partial charge is 0.339 e. The lowest BCUT2D eigenvalue weighted by Gasteiger charge is -2.05. The lowest BCUT2D eigenvalue weighted by molar-refractivity contribution is 0.370. The van der Waals surface area contributed by atoms with Crippen LogP contribution in [0.1, 0.15) is 32.0 Å². The van der Waals surface area contributed by atoms with Crippen molar-refractivity contribution in [1.29, 1.82) is 0 Å². The second-order valence-electron chi connectivity index (χ2n) is 4.16. The fourth-order valence-electron chi connectivity index (χ4n) is 1.75. The number of rotatable bonds is 5. The van der Waals surface area contributed by atoms with Crippen LogP contribution in [0.5, 0.6) is 0 Å². The van der Waals surface area contributed by atoms with Crippen molar-refractivity contribution in [3.05, 3.63) is 44.8 Å². The van der Waals surface area contributed by atoms with E-state index in [0.717, 1.165) is 11.0 Å². The van der Waals surface area contributed by atoms with Crippen LogP contribution in [-0.4, -0.2) is 19.3 Å². The Morgan fingerprint density at radius 2 is 2.11 bits per heavy atom. The predicted molar refractivity (Wildman–Crippen MR) is 68.0 cm³/mol. The van der Waals surface area contributed by atoms with Gasteiger partial charge in [0.1, 0.15) is 0 Å². The van der Waals surface area contributed by atoms with Crippen LogP contribution in [0.4, 0.5) is 0 Å². The summed E-state index contributed by atoms with van der Waals surface area (Å²) >= 11 is 0. The molecule has 0 fully saturated rings. The Labute approximate surface area is 109 Å². The molecule has 2 aromatic heterocycles. The van der Waals surface area contributed by atoms with E-state index in [4.69, 9.17) is 4.52 Å². The molecule has 2 aromatic rings. The second kappa shape index (κ2) is 5.64. The Morgan fingerprint density at radius 1 is 1.32 bits per heavy atom. The van der Waals surface area contributed by atoms with Crippen LogP contribution < -0.4 is 11.2 Å². The molecule has 7 heteroatoms. The van der Waals surface area contributed by atoms with E-state index in [9.17, 15) is 9.59 Å². The molecule has 0 saturated heterocycles. The van der Waals surface area contributed by atoms with E-state index in [2.05, 4.69) is 10.1 Å². The number of nitrogens with zero attached hydrogens (tertiary/aromatic N) is 4. The Balaban J connectivity index is 2.32. The zero-order valence-electron chi connectivity index (χ0n) is 11.0. The van der Waals surface area contributed by atoms with Crippen LogP contribution >= 0.6 is 0 Å². The summed E-state index contributed by atoms with van der Waals surface area (Å²) in [5.74, 6) is 0.869. The summed E-state index contributed by atoms with van der Waals surface area (Å²) in [7, 11) is 0. The Morgan fingerprint density at radius 3 is 2.79 bits per heavy atom. The van der Waals surface area contributed by atoms with E-state index in [0.29, 0.717) is 24.7 Å². The minimum Gasteiger partial charge on any atom is -0.339 e. The van der Waals surface area contributed by atoms with Crippen LogP contribution in [0.3, 0.4) is 0 Å². The lowest BCUT2D eigenvalue weighted by atomic mass is 10.3. The molecule has 0 unspecified atom stereocenters. The normalized spacial score (nSPS) is 10.8. The lowest BCUT2D eigenvalue weighted by Crippen LogP contribution is -2.39. The fourth-order valence-corrected chi connectivity index (χ4v) is 1.75. The summed E-state index contributed by atoms with van der Waals surface area (Å²) in [6.45, 7) is 4.38. The van der Waals surface area contributed by atoms with Crippen molar-refractivity contribution in [2.75, 3.05) is 0 Å². The Kier molecular flexibility index (Phi) is 3.94. The van der Waals surface area contributed by atoms with Gasteiger partial charge in [-0.15, -0.1) is 0 Å². The molecule has 7 nitrogen and oxygen atoms in total. The van der Waals surface area contributed by atoms with Crippen LogP contribution in [0, 0.1) is 0 Å². The van der Waals surface area contributed by atoms with Gasteiger partial charge >= 0.3 is 5.69 Å². The second-order valence-corrected chi connectivity index (χ2v) is 4.16. The molecule has 19 heavy (non-hydrogen) atoms. The van der Waals surface area contributed by atoms with Gasteiger partial charge in [-0.2, -0.15) is 4.98 Å². The van der Waals surface area contributed by atoms with E-state index < -0.39 is 0 Å². The van der Waals surface area contributed by atoms with Gasteiger partial charge in [-0.3, -0.25) is 9.36 Å². The molecular formula is C12H16N4O3. The summed E-state index contributed by atoms with van der Waals surface area (Å²) in [5, 5.41) is 3.77. The monoisotopic (exact) mass is 264 g/mol. The van der Waals surface area contributed by atoms with Gasteiger partial charge < -0.3 is 9.09 Å². The molecule has 0 N–H and O–H groups in total. The first-order chi connectivity index (χ1) is 9.15. The van der Waals surface area contributed by atoms with Gasteiger partial charge in [-0.05, 0) is 13.3 Å². The first-order valence-electron chi connectivity index (χ1n) is 6.27. The van der Waals surface area contributed by atoms with Crippen molar-refractivity contribution in [3.63, 3.8) is 0 Å². The molecule has 102 valence electrons. The number of hydrogen-bond acceptors (Lipinski definition) is 5. The quantitative estimate of drug-likeness (QED) is 0.781.